The van der Waals surface area contributed by atoms with Crippen LogP contribution in [0, 0.1) is 0 Å². The van der Waals surface area contributed by atoms with Crippen molar-refractivity contribution in [1.29, 1.82) is 0 Å². The molecule has 1 fully saturated rings. The summed E-state index contributed by atoms with van der Waals surface area (Å²) in [7, 11) is 0. The SMILES string of the molecule is CC1(C)CC(Nc2ccc3sccc3c2)C(C)(C)O1. The molecule has 102 valence electrons. The van der Waals surface area contributed by atoms with Crippen LogP contribution < -0.4 is 5.32 Å². The van der Waals surface area contributed by atoms with Gasteiger partial charge in [-0.2, -0.15) is 0 Å². The van der Waals surface area contributed by atoms with Crippen LogP contribution >= 0.6 is 11.3 Å². The van der Waals surface area contributed by atoms with E-state index in [0.29, 0.717) is 6.04 Å². The molecule has 2 heterocycles. The lowest BCUT2D eigenvalue weighted by Gasteiger charge is -2.28. The lowest BCUT2D eigenvalue weighted by molar-refractivity contribution is -0.0662. The van der Waals surface area contributed by atoms with Crippen molar-refractivity contribution in [3.63, 3.8) is 0 Å². The average Bonchev–Trinajstić information content (AvgIpc) is 2.80. The predicted octanol–water partition coefficient (Wildman–Crippen LogP) is 4.66. The topological polar surface area (TPSA) is 21.3 Å². The van der Waals surface area contributed by atoms with Crippen LogP contribution in [0.25, 0.3) is 10.1 Å². The van der Waals surface area contributed by atoms with Crippen LogP contribution in [-0.2, 0) is 4.74 Å². The van der Waals surface area contributed by atoms with E-state index >= 15 is 0 Å². The molecule has 0 bridgehead atoms. The first-order valence-electron chi connectivity index (χ1n) is 6.80. The number of ether oxygens (including phenoxy) is 1. The molecular weight excluding hydrogens is 254 g/mol. The van der Waals surface area contributed by atoms with Gasteiger partial charge >= 0.3 is 0 Å². The molecule has 0 saturated carbocycles. The number of anilines is 1. The van der Waals surface area contributed by atoms with Gasteiger partial charge in [0.2, 0.25) is 0 Å². The van der Waals surface area contributed by atoms with E-state index in [1.54, 1.807) is 11.3 Å². The fourth-order valence-corrected chi connectivity index (χ4v) is 3.82. The monoisotopic (exact) mass is 275 g/mol. The zero-order valence-electron chi connectivity index (χ0n) is 12.0. The number of fused-ring (bicyclic) bond motifs is 1. The standard InChI is InChI=1S/C16H21NOS/c1-15(2)10-14(16(3,4)18-15)17-12-5-6-13-11(9-12)7-8-19-13/h5-9,14,17H,10H2,1-4H3. The van der Waals surface area contributed by atoms with Crippen molar-refractivity contribution >= 4 is 27.1 Å². The van der Waals surface area contributed by atoms with Crippen LogP contribution in [0.2, 0.25) is 0 Å². The maximum atomic E-state index is 6.13. The van der Waals surface area contributed by atoms with E-state index < -0.39 is 0 Å². The maximum absolute atomic E-state index is 6.13. The molecule has 1 N–H and O–H groups in total. The second-order valence-electron chi connectivity index (χ2n) is 6.54. The number of rotatable bonds is 2. The highest BCUT2D eigenvalue weighted by Crippen LogP contribution is 2.39. The van der Waals surface area contributed by atoms with Gasteiger partial charge in [-0.1, -0.05) is 0 Å². The Morgan fingerprint density at radius 2 is 2.00 bits per heavy atom. The van der Waals surface area contributed by atoms with Gasteiger partial charge in [-0.05, 0) is 69.1 Å². The molecule has 0 aliphatic carbocycles. The Labute approximate surface area is 118 Å². The molecule has 2 aromatic rings. The van der Waals surface area contributed by atoms with Crippen LogP contribution in [0.15, 0.2) is 29.6 Å². The molecule has 3 heteroatoms. The van der Waals surface area contributed by atoms with Crippen molar-refractivity contribution in [2.75, 3.05) is 5.32 Å². The Kier molecular flexibility index (Phi) is 2.88. The summed E-state index contributed by atoms with van der Waals surface area (Å²) in [4.78, 5) is 0. The third-order valence-corrected chi connectivity index (χ3v) is 4.77. The molecule has 3 rings (SSSR count). The van der Waals surface area contributed by atoms with Gasteiger partial charge < -0.3 is 10.1 Å². The summed E-state index contributed by atoms with van der Waals surface area (Å²) in [5.41, 5.74) is 1.01. The van der Waals surface area contributed by atoms with Gasteiger partial charge in [0, 0.05) is 10.4 Å². The van der Waals surface area contributed by atoms with E-state index in [1.807, 2.05) is 0 Å². The van der Waals surface area contributed by atoms with Crippen LogP contribution in [0.5, 0.6) is 0 Å². The van der Waals surface area contributed by atoms with Gasteiger partial charge in [0.25, 0.3) is 0 Å². The summed E-state index contributed by atoms with van der Waals surface area (Å²) in [6.45, 7) is 8.67. The van der Waals surface area contributed by atoms with Crippen LogP contribution in [0.1, 0.15) is 34.1 Å². The van der Waals surface area contributed by atoms with E-state index in [0.717, 1.165) is 6.42 Å². The molecule has 0 amide bonds. The Hall–Kier alpha value is -1.06. The highest BCUT2D eigenvalue weighted by molar-refractivity contribution is 7.17. The van der Waals surface area contributed by atoms with Crippen molar-refractivity contribution in [3.05, 3.63) is 29.6 Å². The van der Waals surface area contributed by atoms with Crippen molar-refractivity contribution in [2.45, 2.75) is 51.4 Å². The van der Waals surface area contributed by atoms with Crippen LogP contribution in [-0.4, -0.2) is 17.2 Å². The van der Waals surface area contributed by atoms with Gasteiger partial charge in [0.1, 0.15) is 0 Å². The van der Waals surface area contributed by atoms with Gasteiger partial charge in [-0.25, -0.2) is 0 Å². The third kappa shape index (κ3) is 2.49. The second-order valence-corrected chi connectivity index (χ2v) is 7.49. The van der Waals surface area contributed by atoms with Gasteiger partial charge in [-0.15, -0.1) is 11.3 Å². The molecule has 1 saturated heterocycles. The van der Waals surface area contributed by atoms with Crippen LogP contribution in [0.3, 0.4) is 0 Å². The Morgan fingerprint density at radius 1 is 1.21 bits per heavy atom. The molecule has 0 radical (unpaired) electrons. The normalized spacial score (nSPS) is 24.7. The zero-order chi connectivity index (χ0) is 13.7. The molecule has 1 aromatic heterocycles. The molecule has 1 aliphatic rings. The van der Waals surface area contributed by atoms with Gasteiger partial charge in [-0.3, -0.25) is 0 Å². The summed E-state index contributed by atoms with van der Waals surface area (Å²) >= 11 is 1.79. The number of hydrogen-bond acceptors (Lipinski definition) is 3. The van der Waals surface area contributed by atoms with Crippen molar-refractivity contribution in [1.82, 2.24) is 0 Å². The predicted molar refractivity (Wildman–Crippen MR) is 83.1 cm³/mol. The molecule has 1 unspecified atom stereocenters. The fraction of sp³-hybridized carbons (Fsp3) is 0.500. The number of thiophene rings is 1. The summed E-state index contributed by atoms with van der Waals surface area (Å²) in [6, 6.07) is 9.10. The first-order valence-corrected chi connectivity index (χ1v) is 7.68. The fourth-order valence-electron chi connectivity index (χ4n) is 3.04. The molecule has 1 aromatic carbocycles. The Bertz CT molecular complexity index is 600. The lowest BCUT2D eigenvalue weighted by Crippen LogP contribution is -2.38. The summed E-state index contributed by atoms with van der Waals surface area (Å²) in [6.07, 6.45) is 1.03. The van der Waals surface area contributed by atoms with Gasteiger partial charge in [0.05, 0.1) is 17.2 Å². The molecule has 1 atom stereocenters. The summed E-state index contributed by atoms with van der Waals surface area (Å²) < 4.78 is 7.47. The van der Waals surface area contributed by atoms with Crippen molar-refractivity contribution in [2.24, 2.45) is 0 Å². The minimum Gasteiger partial charge on any atom is -0.379 e. The maximum Gasteiger partial charge on any atom is 0.0834 e. The van der Waals surface area contributed by atoms with E-state index in [4.69, 9.17) is 4.74 Å². The van der Waals surface area contributed by atoms with E-state index in [-0.39, 0.29) is 11.2 Å². The summed E-state index contributed by atoms with van der Waals surface area (Å²) in [5.74, 6) is 0. The number of nitrogens with one attached hydrogen (secondary N) is 1. The van der Waals surface area contributed by atoms with E-state index in [1.165, 1.54) is 15.8 Å². The zero-order valence-corrected chi connectivity index (χ0v) is 12.8. The number of hydrogen-bond donors (Lipinski definition) is 1. The largest absolute Gasteiger partial charge is 0.379 e. The average molecular weight is 275 g/mol. The molecule has 1 aliphatic heterocycles. The minimum atomic E-state index is -0.132. The quantitative estimate of drug-likeness (QED) is 0.860. The minimum absolute atomic E-state index is 0.0480. The first-order chi connectivity index (χ1) is 8.86. The Balaban J connectivity index is 1.84. The summed E-state index contributed by atoms with van der Waals surface area (Å²) in [5, 5.41) is 7.10. The van der Waals surface area contributed by atoms with Crippen molar-refractivity contribution < 1.29 is 4.74 Å². The number of benzene rings is 1. The Morgan fingerprint density at radius 3 is 2.68 bits per heavy atom. The highest BCUT2D eigenvalue weighted by Gasteiger charge is 2.45. The van der Waals surface area contributed by atoms with Crippen molar-refractivity contribution in [3.8, 4) is 0 Å². The lowest BCUT2D eigenvalue weighted by atomic mass is 9.94. The van der Waals surface area contributed by atoms with E-state index in [9.17, 15) is 0 Å². The van der Waals surface area contributed by atoms with Crippen LogP contribution in [0.4, 0.5) is 5.69 Å². The van der Waals surface area contributed by atoms with Gasteiger partial charge in [0.15, 0.2) is 0 Å². The first kappa shape index (κ1) is 12.9. The molecular formula is C16H21NOS. The molecule has 2 nitrogen and oxygen atoms in total. The molecule has 19 heavy (non-hydrogen) atoms. The van der Waals surface area contributed by atoms with E-state index in [2.05, 4.69) is 62.7 Å². The smallest absolute Gasteiger partial charge is 0.0834 e. The second kappa shape index (κ2) is 4.22. The highest BCUT2D eigenvalue weighted by atomic mass is 32.1. The molecule has 0 spiro atoms. The third-order valence-electron chi connectivity index (χ3n) is 3.87.